The van der Waals surface area contributed by atoms with E-state index in [0.29, 0.717) is 19.6 Å². The van der Waals surface area contributed by atoms with Crippen LogP contribution in [-0.4, -0.2) is 52.0 Å². The maximum Gasteiger partial charge on any atom is 0.328 e. The maximum atomic E-state index is 13.2. The van der Waals surface area contributed by atoms with E-state index in [1.165, 1.54) is 36.2 Å². The second-order valence-electron chi connectivity index (χ2n) is 10.7. The third-order valence-corrected chi connectivity index (χ3v) is 7.85. The highest BCUT2D eigenvalue weighted by Crippen LogP contribution is 2.22. The van der Waals surface area contributed by atoms with Crippen LogP contribution in [0.4, 0.5) is 0 Å². The average Bonchev–Trinajstić information content (AvgIpc) is 3.40. The molecule has 2 aromatic rings. The first kappa shape index (κ1) is 28.2. The van der Waals surface area contributed by atoms with Gasteiger partial charge in [-0.25, -0.2) is 4.79 Å². The van der Waals surface area contributed by atoms with Crippen molar-refractivity contribution < 1.29 is 14.3 Å². The van der Waals surface area contributed by atoms with Gasteiger partial charge in [-0.3, -0.25) is 19.7 Å². The number of hydrogen-bond acceptors (Lipinski definition) is 6. The van der Waals surface area contributed by atoms with Crippen LogP contribution in [0.15, 0.2) is 36.7 Å². The van der Waals surface area contributed by atoms with Crippen molar-refractivity contribution in [3.63, 3.8) is 0 Å². The molecule has 1 amide bonds. The van der Waals surface area contributed by atoms with E-state index in [0.717, 1.165) is 69.9 Å². The van der Waals surface area contributed by atoms with Crippen LogP contribution in [0.3, 0.4) is 0 Å². The molecule has 0 unspecified atom stereocenters. The van der Waals surface area contributed by atoms with Crippen molar-refractivity contribution in [1.29, 1.82) is 0 Å². The van der Waals surface area contributed by atoms with Crippen LogP contribution in [-0.2, 0) is 40.1 Å². The van der Waals surface area contributed by atoms with Crippen molar-refractivity contribution in [2.45, 2.75) is 109 Å². The SMILES string of the molecule is CCOC(=O)[C@H](CCCCCCCc1ccc2c(n1)CCCC2)NC(=O)[C@@H]1CCCN1Cc1ccncc1. The summed E-state index contributed by atoms with van der Waals surface area (Å²) in [6, 6.07) is 7.67. The number of aryl methyl sites for hydroxylation is 3. The van der Waals surface area contributed by atoms with Crippen molar-refractivity contribution in [3.8, 4) is 0 Å². The standard InChI is InChI=1S/C31H44N4O3/c1-2-38-31(37)28(34-30(36)29-15-10-22-35(29)23-24-18-20-32-21-19-24)14-7-5-3-4-6-12-26-17-16-25-11-8-9-13-27(25)33-26/h16-21,28-29H,2-15,22-23H2,1H3,(H,34,36)/t28-,29-/m0/s1. The molecule has 2 aromatic heterocycles. The predicted molar refractivity (Wildman–Crippen MR) is 149 cm³/mol. The molecule has 3 heterocycles. The van der Waals surface area contributed by atoms with E-state index in [9.17, 15) is 9.59 Å². The fourth-order valence-electron chi connectivity index (χ4n) is 5.75. The molecule has 7 nitrogen and oxygen atoms in total. The van der Waals surface area contributed by atoms with Crippen molar-refractivity contribution >= 4 is 11.9 Å². The van der Waals surface area contributed by atoms with E-state index < -0.39 is 6.04 Å². The van der Waals surface area contributed by atoms with Gasteiger partial charge in [-0.15, -0.1) is 0 Å². The summed E-state index contributed by atoms with van der Waals surface area (Å²) in [5.41, 5.74) is 5.13. The lowest BCUT2D eigenvalue weighted by atomic mass is 9.95. The number of ether oxygens (including phenoxy) is 1. The van der Waals surface area contributed by atoms with Gasteiger partial charge in [0, 0.05) is 30.3 Å². The number of nitrogens with one attached hydrogen (secondary N) is 1. The topological polar surface area (TPSA) is 84.4 Å². The van der Waals surface area contributed by atoms with Gasteiger partial charge in [0.25, 0.3) is 0 Å². The number of esters is 1. The van der Waals surface area contributed by atoms with Gasteiger partial charge >= 0.3 is 5.97 Å². The molecule has 2 aliphatic rings. The van der Waals surface area contributed by atoms with Crippen molar-refractivity contribution in [1.82, 2.24) is 20.2 Å². The first-order valence-electron chi connectivity index (χ1n) is 14.7. The van der Waals surface area contributed by atoms with E-state index in [4.69, 9.17) is 9.72 Å². The quantitative estimate of drug-likeness (QED) is 0.280. The summed E-state index contributed by atoms with van der Waals surface area (Å²) in [6.45, 7) is 3.72. The zero-order valence-electron chi connectivity index (χ0n) is 23.0. The summed E-state index contributed by atoms with van der Waals surface area (Å²) in [7, 11) is 0. The van der Waals surface area contributed by atoms with Crippen molar-refractivity contribution in [2.75, 3.05) is 13.2 Å². The highest BCUT2D eigenvalue weighted by atomic mass is 16.5. The van der Waals surface area contributed by atoms with E-state index in [2.05, 4.69) is 27.3 Å². The molecule has 2 atom stereocenters. The van der Waals surface area contributed by atoms with Crippen molar-refractivity contribution in [3.05, 3.63) is 59.2 Å². The molecule has 1 fully saturated rings. The van der Waals surface area contributed by atoms with Crippen LogP contribution < -0.4 is 5.32 Å². The number of fused-ring (bicyclic) bond motifs is 1. The van der Waals surface area contributed by atoms with Gasteiger partial charge < -0.3 is 10.1 Å². The summed E-state index contributed by atoms with van der Waals surface area (Å²) < 4.78 is 5.29. The number of likely N-dealkylation sites (tertiary alicyclic amines) is 1. The molecule has 1 N–H and O–H groups in total. The highest BCUT2D eigenvalue weighted by Gasteiger charge is 2.33. The Bertz CT molecular complexity index is 1030. The molecular formula is C31H44N4O3. The summed E-state index contributed by atoms with van der Waals surface area (Å²) >= 11 is 0. The van der Waals surface area contributed by atoms with Crippen LogP contribution in [0.25, 0.3) is 0 Å². The lowest BCUT2D eigenvalue weighted by molar-refractivity contribution is -0.148. The Labute approximate surface area is 227 Å². The predicted octanol–water partition coefficient (Wildman–Crippen LogP) is 4.95. The normalized spacial score (nSPS) is 18.1. The molecule has 0 saturated carbocycles. The number of aromatic nitrogens is 2. The Balaban J connectivity index is 1.18. The number of amides is 1. The minimum Gasteiger partial charge on any atom is -0.464 e. The average molecular weight is 521 g/mol. The first-order chi connectivity index (χ1) is 18.6. The lowest BCUT2D eigenvalue weighted by Gasteiger charge is -2.26. The molecule has 1 saturated heterocycles. The number of hydrogen-bond donors (Lipinski definition) is 1. The molecule has 206 valence electrons. The molecule has 0 aromatic carbocycles. The number of rotatable bonds is 14. The van der Waals surface area contributed by atoms with Crippen molar-refractivity contribution in [2.24, 2.45) is 0 Å². The lowest BCUT2D eigenvalue weighted by Crippen LogP contribution is -2.49. The molecular weight excluding hydrogens is 476 g/mol. The van der Waals surface area contributed by atoms with E-state index in [-0.39, 0.29) is 17.9 Å². The Morgan fingerprint density at radius 1 is 1.03 bits per heavy atom. The molecule has 0 radical (unpaired) electrons. The molecule has 0 spiro atoms. The van der Waals surface area contributed by atoms with Gasteiger partial charge in [-0.05, 0) is 101 Å². The van der Waals surface area contributed by atoms with Gasteiger partial charge in [-0.1, -0.05) is 31.7 Å². The highest BCUT2D eigenvalue weighted by molar-refractivity contribution is 5.87. The Morgan fingerprint density at radius 3 is 2.66 bits per heavy atom. The number of carbonyl (C=O) groups excluding carboxylic acids is 2. The number of pyridine rings is 2. The number of carbonyl (C=O) groups is 2. The Hall–Kier alpha value is -2.80. The van der Waals surface area contributed by atoms with E-state index in [1.807, 2.05) is 19.1 Å². The van der Waals surface area contributed by atoms with Gasteiger partial charge in [0.1, 0.15) is 6.04 Å². The zero-order valence-corrected chi connectivity index (χ0v) is 23.0. The smallest absolute Gasteiger partial charge is 0.328 e. The monoisotopic (exact) mass is 520 g/mol. The maximum absolute atomic E-state index is 13.2. The third-order valence-electron chi connectivity index (χ3n) is 7.85. The molecule has 1 aliphatic carbocycles. The minimum absolute atomic E-state index is 0.0628. The summed E-state index contributed by atoms with van der Waals surface area (Å²) in [6.07, 6.45) is 17.2. The van der Waals surface area contributed by atoms with E-state index >= 15 is 0 Å². The molecule has 4 rings (SSSR count). The van der Waals surface area contributed by atoms with Gasteiger partial charge in [-0.2, -0.15) is 0 Å². The van der Waals surface area contributed by atoms with Gasteiger partial charge in [0.2, 0.25) is 5.91 Å². The van der Waals surface area contributed by atoms with Crippen LogP contribution in [0.2, 0.25) is 0 Å². The molecule has 38 heavy (non-hydrogen) atoms. The largest absolute Gasteiger partial charge is 0.464 e. The second kappa shape index (κ2) is 15.0. The van der Waals surface area contributed by atoms with Crippen LogP contribution in [0.1, 0.15) is 93.6 Å². The fourth-order valence-corrected chi connectivity index (χ4v) is 5.75. The van der Waals surface area contributed by atoms with Gasteiger partial charge in [0.05, 0.1) is 12.6 Å². The van der Waals surface area contributed by atoms with Crippen LogP contribution >= 0.6 is 0 Å². The molecule has 7 heteroatoms. The summed E-state index contributed by atoms with van der Waals surface area (Å²) in [5.74, 6) is -0.384. The second-order valence-corrected chi connectivity index (χ2v) is 10.7. The van der Waals surface area contributed by atoms with E-state index in [1.54, 1.807) is 12.4 Å². The zero-order chi connectivity index (χ0) is 26.6. The molecule has 0 bridgehead atoms. The van der Waals surface area contributed by atoms with Crippen LogP contribution in [0.5, 0.6) is 0 Å². The molecule has 1 aliphatic heterocycles. The summed E-state index contributed by atoms with van der Waals surface area (Å²) in [4.78, 5) is 37.0. The fraction of sp³-hybridized carbons (Fsp3) is 0.613. The first-order valence-corrected chi connectivity index (χ1v) is 14.7. The van der Waals surface area contributed by atoms with Gasteiger partial charge in [0.15, 0.2) is 0 Å². The number of nitrogens with zero attached hydrogens (tertiary/aromatic N) is 3. The Morgan fingerprint density at radius 2 is 1.82 bits per heavy atom. The van der Waals surface area contributed by atoms with Crippen LogP contribution in [0, 0.1) is 0 Å². The number of unbranched alkanes of at least 4 members (excludes halogenated alkanes) is 4. The Kier molecular flexibility index (Phi) is 11.1. The third kappa shape index (κ3) is 8.35. The minimum atomic E-state index is -0.578. The summed E-state index contributed by atoms with van der Waals surface area (Å²) in [5, 5.41) is 3.03.